The molecule has 1 amide bonds. The Morgan fingerprint density at radius 3 is 2.85 bits per heavy atom. The van der Waals surface area contributed by atoms with Crippen molar-refractivity contribution in [2.75, 3.05) is 5.43 Å². The monoisotopic (exact) mass is 333 g/mol. The number of hydrazine groups is 1. The minimum atomic E-state index is -0.0479. The number of hydrogen-bond donors (Lipinski definition) is 2. The molecule has 2 rings (SSSR count). The van der Waals surface area contributed by atoms with E-state index in [0.717, 1.165) is 16.6 Å². The fraction of sp³-hybridized carbons (Fsp3) is 0.200. The van der Waals surface area contributed by atoms with E-state index in [1.54, 1.807) is 12.4 Å². The second kappa shape index (κ2) is 7.05. The van der Waals surface area contributed by atoms with E-state index in [1.165, 1.54) is 11.1 Å². The van der Waals surface area contributed by atoms with Crippen LogP contribution >= 0.6 is 15.9 Å². The molecule has 0 atom stereocenters. The van der Waals surface area contributed by atoms with Crippen molar-refractivity contribution >= 4 is 27.5 Å². The van der Waals surface area contributed by atoms with Crippen molar-refractivity contribution in [1.82, 2.24) is 10.4 Å². The molecule has 5 heteroatoms. The maximum atomic E-state index is 11.8. The normalized spacial score (nSPS) is 10.1. The topological polar surface area (TPSA) is 54.0 Å². The predicted molar refractivity (Wildman–Crippen MR) is 83.2 cm³/mol. The molecule has 0 radical (unpaired) electrons. The van der Waals surface area contributed by atoms with Gasteiger partial charge >= 0.3 is 0 Å². The van der Waals surface area contributed by atoms with Gasteiger partial charge in [-0.25, -0.2) is 0 Å². The highest BCUT2D eigenvalue weighted by molar-refractivity contribution is 9.10. The predicted octanol–water partition coefficient (Wildman–Crippen LogP) is 3.23. The number of halogens is 1. The Morgan fingerprint density at radius 1 is 1.30 bits per heavy atom. The maximum Gasteiger partial charge on any atom is 0.238 e. The van der Waals surface area contributed by atoms with E-state index in [9.17, 15) is 4.79 Å². The Morgan fingerprint density at radius 2 is 2.10 bits per heavy atom. The van der Waals surface area contributed by atoms with E-state index in [2.05, 4.69) is 44.8 Å². The number of amides is 1. The van der Waals surface area contributed by atoms with Gasteiger partial charge in [-0.15, -0.1) is 0 Å². The number of nitrogens with zero attached hydrogens (tertiary/aromatic N) is 1. The highest BCUT2D eigenvalue weighted by Gasteiger charge is 2.04. The van der Waals surface area contributed by atoms with Crippen LogP contribution in [-0.2, 0) is 11.2 Å². The molecule has 4 nitrogen and oxygen atoms in total. The Bertz CT molecular complexity index is 601. The third-order valence-corrected chi connectivity index (χ3v) is 3.37. The number of anilines is 1. The van der Waals surface area contributed by atoms with Crippen LogP contribution in [0.2, 0.25) is 0 Å². The number of carbonyl (C=O) groups excluding carboxylic acids is 1. The summed E-state index contributed by atoms with van der Waals surface area (Å²) >= 11 is 3.32. The number of hydrogen-bond acceptors (Lipinski definition) is 3. The summed E-state index contributed by atoms with van der Waals surface area (Å²) in [6, 6.07) is 9.94. The average Bonchev–Trinajstić information content (AvgIpc) is 2.44. The zero-order valence-corrected chi connectivity index (χ0v) is 12.8. The van der Waals surface area contributed by atoms with Crippen molar-refractivity contribution in [3.05, 3.63) is 58.3 Å². The molecule has 0 aliphatic carbocycles. The van der Waals surface area contributed by atoms with Crippen LogP contribution in [0.5, 0.6) is 0 Å². The van der Waals surface area contributed by atoms with E-state index in [4.69, 9.17) is 0 Å². The number of pyridine rings is 1. The fourth-order valence-electron chi connectivity index (χ4n) is 1.82. The third-order valence-electron chi connectivity index (χ3n) is 2.93. The number of aryl methyl sites for hydroxylation is 2. The van der Waals surface area contributed by atoms with Gasteiger partial charge in [0.15, 0.2) is 0 Å². The van der Waals surface area contributed by atoms with Gasteiger partial charge in [0.25, 0.3) is 0 Å². The molecule has 0 spiro atoms. The Balaban J connectivity index is 1.80. The number of aromatic nitrogens is 1. The molecule has 2 aromatic rings. The molecular weight excluding hydrogens is 318 g/mol. The molecule has 0 unspecified atom stereocenters. The molecule has 1 aromatic carbocycles. The van der Waals surface area contributed by atoms with Crippen molar-refractivity contribution in [3.8, 4) is 0 Å². The van der Waals surface area contributed by atoms with E-state index in [1.807, 2.05) is 24.3 Å². The first kappa shape index (κ1) is 14.5. The van der Waals surface area contributed by atoms with Crippen LogP contribution in [0.3, 0.4) is 0 Å². The molecular formula is C15H16BrN3O. The fourth-order valence-corrected chi connectivity index (χ4v) is 2.19. The lowest BCUT2D eigenvalue weighted by atomic mass is 10.0. The van der Waals surface area contributed by atoms with Gasteiger partial charge in [-0.05, 0) is 46.5 Å². The first-order valence-corrected chi connectivity index (χ1v) is 7.14. The summed E-state index contributed by atoms with van der Waals surface area (Å²) in [5.74, 6) is -0.0479. The summed E-state index contributed by atoms with van der Waals surface area (Å²) in [6.45, 7) is 2.05. The molecule has 0 saturated heterocycles. The lowest BCUT2D eigenvalue weighted by Gasteiger charge is -2.09. The van der Waals surface area contributed by atoms with Gasteiger partial charge < -0.3 is 0 Å². The highest BCUT2D eigenvalue weighted by atomic mass is 79.9. The van der Waals surface area contributed by atoms with Gasteiger partial charge in [0.05, 0.1) is 11.9 Å². The largest absolute Gasteiger partial charge is 0.297 e. The van der Waals surface area contributed by atoms with Crippen LogP contribution in [0.25, 0.3) is 0 Å². The summed E-state index contributed by atoms with van der Waals surface area (Å²) in [4.78, 5) is 15.8. The summed E-state index contributed by atoms with van der Waals surface area (Å²) in [5, 5.41) is 0. The van der Waals surface area contributed by atoms with Gasteiger partial charge in [-0.2, -0.15) is 0 Å². The summed E-state index contributed by atoms with van der Waals surface area (Å²) in [7, 11) is 0. The van der Waals surface area contributed by atoms with Crippen molar-refractivity contribution in [3.63, 3.8) is 0 Å². The smallest absolute Gasteiger partial charge is 0.238 e. The molecule has 2 N–H and O–H groups in total. The van der Waals surface area contributed by atoms with Gasteiger partial charge in [-0.1, -0.05) is 24.3 Å². The Hall–Kier alpha value is -1.88. The number of carbonyl (C=O) groups is 1. The molecule has 104 valence electrons. The second-order valence-electron chi connectivity index (χ2n) is 4.49. The average molecular weight is 334 g/mol. The first-order valence-electron chi connectivity index (χ1n) is 6.35. The maximum absolute atomic E-state index is 11.8. The Kier molecular flexibility index (Phi) is 5.12. The molecule has 0 aliphatic rings. The minimum absolute atomic E-state index is 0.0479. The lowest BCUT2D eigenvalue weighted by Crippen LogP contribution is -2.29. The van der Waals surface area contributed by atoms with Gasteiger partial charge in [-0.3, -0.25) is 20.6 Å². The first-order chi connectivity index (χ1) is 9.65. The third kappa shape index (κ3) is 4.35. The SMILES string of the molecule is Cc1ccccc1CCC(=O)NNc1cncc(Br)c1. The van der Waals surface area contributed by atoms with Crippen LogP contribution in [0.1, 0.15) is 17.5 Å². The molecule has 20 heavy (non-hydrogen) atoms. The number of rotatable bonds is 5. The molecule has 1 heterocycles. The number of benzene rings is 1. The van der Waals surface area contributed by atoms with Crippen LogP contribution < -0.4 is 10.9 Å². The second-order valence-corrected chi connectivity index (χ2v) is 5.41. The molecule has 0 aliphatic heterocycles. The summed E-state index contributed by atoms with van der Waals surface area (Å²) in [6.07, 6.45) is 4.51. The van der Waals surface area contributed by atoms with Crippen molar-refractivity contribution in [1.29, 1.82) is 0 Å². The number of nitrogens with one attached hydrogen (secondary N) is 2. The van der Waals surface area contributed by atoms with Gasteiger partial charge in [0, 0.05) is 17.1 Å². The standard InChI is InChI=1S/C15H16BrN3O/c1-11-4-2-3-5-12(11)6-7-15(20)19-18-14-8-13(16)9-17-10-14/h2-5,8-10,18H,6-7H2,1H3,(H,19,20). The van der Waals surface area contributed by atoms with Crippen molar-refractivity contribution < 1.29 is 4.79 Å². The van der Waals surface area contributed by atoms with Gasteiger partial charge in [0.1, 0.15) is 0 Å². The van der Waals surface area contributed by atoms with Gasteiger partial charge in [0.2, 0.25) is 5.91 Å². The van der Waals surface area contributed by atoms with E-state index in [-0.39, 0.29) is 5.91 Å². The zero-order valence-electron chi connectivity index (χ0n) is 11.2. The van der Waals surface area contributed by atoms with E-state index >= 15 is 0 Å². The lowest BCUT2D eigenvalue weighted by molar-refractivity contribution is -0.120. The van der Waals surface area contributed by atoms with Crippen LogP contribution in [0, 0.1) is 6.92 Å². The quantitative estimate of drug-likeness (QED) is 0.826. The molecule has 0 bridgehead atoms. The molecule has 0 fully saturated rings. The van der Waals surface area contributed by atoms with Crippen LogP contribution in [-0.4, -0.2) is 10.9 Å². The Labute approximate surface area is 126 Å². The molecule has 1 aromatic heterocycles. The zero-order chi connectivity index (χ0) is 14.4. The molecule has 0 saturated carbocycles. The van der Waals surface area contributed by atoms with E-state index < -0.39 is 0 Å². The minimum Gasteiger partial charge on any atom is -0.297 e. The van der Waals surface area contributed by atoms with Crippen LogP contribution in [0.15, 0.2) is 47.2 Å². The van der Waals surface area contributed by atoms with Crippen molar-refractivity contribution in [2.45, 2.75) is 19.8 Å². The van der Waals surface area contributed by atoms with Crippen LogP contribution in [0.4, 0.5) is 5.69 Å². The summed E-state index contributed by atoms with van der Waals surface area (Å²) < 4.78 is 0.858. The summed E-state index contributed by atoms with van der Waals surface area (Å²) in [5.41, 5.74) is 8.66. The van der Waals surface area contributed by atoms with Crippen molar-refractivity contribution in [2.24, 2.45) is 0 Å². The van der Waals surface area contributed by atoms with E-state index in [0.29, 0.717) is 6.42 Å². The highest BCUT2D eigenvalue weighted by Crippen LogP contribution is 2.13.